The van der Waals surface area contributed by atoms with Gasteiger partial charge in [0.05, 0.1) is 0 Å². The van der Waals surface area contributed by atoms with Crippen LogP contribution in [0.15, 0.2) is 219 Å². The Morgan fingerprint density at radius 3 is 1.23 bits per heavy atom. The van der Waals surface area contributed by atoms with Crippen molar-refractivity contribution in [3.05, 3.63) is 219 Å². The second kappa shape index (κ2) is 15.2. The van der Waals surface area contributed by atoms with Gasteiger partial charge in [0, 0.05) is 49.3 Å². The van der Waals surface area contributed by atoms with Crippen LogP contribution in [-0.4, -0.2) is 19.9 Å². The lowest BCUT2D eigenvalue weighted by Crippen LogP contribution is -2.01. The lowest BCUT2D eigenvalue weighted by molar-refractivity contribution is 1.07. The summed E-state index contributed by atoms with van der Waals surface area (Å²) in [6, 6.07) is 74.1. The van der Waals surface area contributed by atoms with Crippen LogP contribution in [0.25, 0.3) is 131 Å². The molecule has 0 fully saturated rings. The molecule has 302 valence electrons. The van der Waals surface area contributed by atoms with E-state index >= 15 is 0 Å². The molecule has 0 spiro atoms. The minimum atomic E-state index is 0.586. The summed E-state index contributed by atoms with van der Waals surface area (Å²) in [5, 5.41) is 12.0. The fourth-order valence-corrected chi connectivity index (χ4v) is 11.1. The Kier molecular flexibility index (Phi) is 8.68. The van der Waals surface area contributed by atoms with Gasteiger partial charge in [-0.05, 0) is 107 Å². The van der Waals surface area contributed by atoms with E-state index in [1.807, 2.05) is 60.0 Å². The largest absolute Gasteiger partial charge is 0.264 e. The van der Waals surface area contributed by atoms with Crippen molar-refractivity contribution >= 4 is 74.6 Å². The molecule has 10 aromatic carbocycles. The van der Waals surface area contributed by atoms with Crippen LogP contribution in [0.5, 0.6) is 0 Å². The molecule has 13 aromatic rings. The maximum Gasteiger partial charge on any atom is 0.165 e. The number of hydrogen-bond donors (Lipinski definition) is 0. The molecule has 65 heavy (non-hydrogen) atoms. The molecule has 5 heteroatoms. The highest BCUT2D eigenvalue weighted by atomic mass is 32.1. The Morgan fingerprint density at radius 2 is 0.692 bits per heavy atom. The molecule has 0 atom stereocenters. The lowest BCUT2D eigenvalue weighted by atomic mass is 9.86. The maximum absolute atomic E-state index is 5.21. The van der Waals surface area contributed by atoms with Crippen LogP contribution in [0.3, 0.4) is 0 Å². The Bertz CT molecular complexity index is 3820. The number of benzene rings is 10. The highest BCUT2D eigenvalue weighted by molar-refractivity contribution is 7.25. The topological polar surface area (TPSA) is 51.6 Å². The molecule has 0 amide bonds. The van der Waals surface area contributed by atoms with Crippen LogP contribution in [0, 0.1) is 0 Å². The first-order valence-corrected chi connectivity index (χ1v) is 22.7. The first-order chi connectivity index (χ1) is 32.2. The van der Waals surface area contributed by atoms with Crippen LogP contribution in [-0.2, 0) is 0 Å². The van der Waals surface area contributed by atoms with E-state index in [-0.39, 0.29) is 0 Å². The van der Waals surface area contributed by atoms with E-state index in [0.29, 0.717) is 17.5 Å². The van der Waals surface area contributed by atoms with Gasteiger partial charge in [-0.25, -0.2) is 15.0 Å². The SMILES string of the molecule is c1ccc(-c2nc(-c3cccnc3)nc(-c3c4ccccc4c(-c4ccc5sc6cc(-c7c8ccccc8c(-c8ccccc8)c8ccccc78)ccc6c5c4)c4ccccc34)n2)cc1. The van der Waals surface area contributed by atoms with Gasteiger partial charge in [-0.1, -0.05) is 176 Å². The summed E-state index contributed by atoms with van der Waals surface area (Å²) >= 11 is 1.86. The predicted octanol–water partition coefficient (Wildman–Crippen LogP) is 16.2. The van der Waals surface area contributed by atoms with Crippen molar-refractivity contribution in [3.8, 4) is 67.5 Å². The summed E-state index contributed by atoms with van der Waals surface area (Å²) in [4.78, 5) is 19.8. The standard InChI is InChI=1S/C60H36N4S/c1-3-16-37(17-4-1)54-43-21-7-9-23-45(43)56(46-24-10-8-22-44(46)54)40-29-31-42-51-34-39(30-32-52(51)65-53(42)35-40)55-47-25-11-13-27-49(47)57(50-28-14-12-26-48(50)55)60-63-58(38-18-5-2-6-19-38)62-59(64-60)41-20-15-33-61-36-41/h1-36H. The van der Waals surface area contributed by atoms with Crippen molar-refractivity contribution in [2.75, 3.05) is 0 Å². The number of hydrogen-bond acceptors (Lipinski definition) is 5. The Labute approximate surface area is 378 Å². The van der Waals surface area contributed by atoms with Gasteiger partial charge >= 0.3 is 0 Å². The van der Waals surface area contributed by atoms with Crippen LogP contribution >= 0.6 is 11.3 Å². The van der Waals surface area contributed by atoms with Gasteiger partial charge in [0.15, 0.2) is 17.5 Å². The van der Waals surface area contributed by atoms with Crippen LogP contribution in [0.2, 0.25) is 0 Å². The number of rotatable bonds is 6. The second-order valence-electron chi connectivity index (χ2n) is 16.5. The zero-order chi connectivity index (χ0) is 42.8. The van der Waals surface area contributed by atoms with E-state index < -0.39 is 0 Å². The maximum atomic E-state index is 5.21. The zero-order valence-corrected chi connectivity index (χ0v) is 35.8. The third-order valence-corrected chi connectivity index (χ3v) is 13.9. The molecule has 3 aromatic heterocycles. The van der Waals surface area contributed by atoms with Gasteiger partial charge in [-0.3, -0.25) is 4.98 Å². The summed E-state index contributed by atoms with van der Waals surface area (Å²) < 4.78 is 2.54. The smallest absolute Gasteiger partial charge is 0.165 e. The molecule has 13 rings (SSSR count). The number of thiophene rings is 1. The highest BCUT2D eigenvalue weighted by Crippen LogP contribution is 2.48. The van der Waals surface area contributed by atoms with Gasteiger partial charge in [0.2, 0.25) is 0 Å². The van der Waals surface area contributed by atoms with Crippen molar-refractivity contribution in [2.24, 2.45) is 0 Å². The average Bonchev–Trinajstić information content (AvgIpc) is 3.75. The Morgan fingerprint density at radius 1 is 0.262 bits per heavy atom. The normalized spacial score (nSPS) is 11.7. The van der Waals surface area contributed by atoms with E-state index in [9.17, 15) is 0 Å². The first kappa shape index (κ1) is 37.2. The van der Waals surface area contributed by atoms with Crippen molar-refractivity contribution in [1.82, 2.24) is 19.9 Å². The number of pyridine rings is 1. The Hall–Kier alpha value is -8.38. The number of nitrogens with zero attached hydrogens (tertiary/aromatic N) is 4. The summed E-state index contributed by atoms with van der Waals surface area (Å²) in [6.45, 7) is 0. The van der Waals surface area contributed by atoms with Gasteiger partial charge in [-0.15, -0.1) is 11.3 Å². The fraction of sp³-hybridized carbons (Fsp3) is 0. The lowest BCUT2D eigenvalue weighted by Gasteiger charge is -2.18. The molecule has 0 saturated carbocycles. The van der Waals surface area contributed by atoms with E-state index in [1.165, 1.54) is 75.1 Å². The van der Waals surface area contributed by atoms with Gasteiger partial charge < -0.3 is 0 Å². The van der Waals surface area contributed by atoms with E-state index in [1.54, 1.807) is 6.20 Å². The predicted molar refractivity (Wildman–Crippen MR) is 273 cm³/mol. The summed E-state index contributed by atoms with van der Waals surface area (Å²) in [7, 11) is 0. The second-order valence-corrected chi connectivity index (χ2v) is 17.6. The van der Waals surface area contributed by atoms with E-state index in [4.69, 9.17) is 15.0 Å². The fourth-order valence-electron chi connectivity index (χ4n) is 9.95. The molecule has 0 radical (unpaired) electrons. The minimum Gasteiger partial charge on any atom is -0.264 e. The average molecular weight is 845 g/mol. The molecule has 0 saturated heterocycles. The van der Waals surface area contributed by atoms with E-state index in [0.717, 1.165) is 38.2 Å². The van der Waals surface area contributed by atoms with Crippen molar-refractivity contribution in [3.63, 3.8) is 0 Å². The van der Waals surface area contributed by atoms with Gasteiger partial charge in [0.1, 0.15) is 0 Å². The molecule has 4 nitrogen and oxygen atoms in total. The molecule has 0 aliphatic carbocycles. The summed E-state index contributed by atoms with van der Waals surface area (Å²) in [5.41, 5.74) is 10.1. The van der Waals surface area contributed by atoms with Crippen molar-refractivity contribution in [2.45, 2.75) is 0 Å². The summed E-state index contributed by atoms with van der Waals surface area (Å²) in [5.74, 6) is 1.83. The molecular weight excluding hydrogens is 809 g/mol. The molecule has 3 heterocycles. The Balaban J connectivity index is 0.996. The quantitative estimate of drug-likeness (QED) is 0.156. The third-order valence-electron chi connectivity index (χ3n) is 12.8. The monoisotopic (exact) mass is 844 g/mol. The summed E-state index contributed by atoms with van der Waals surface area (Å²) in [6.07, 6.45) is 3.58. The van der Waals surface area contributed by atoms with Gasteiger partial charge in [0.25, 0.3) is 0 Å². The van der Waals surface area contributed by atoms with Crippen molar-refractivity contribution < 1.29 is 0 Å². The number of aromatic nitrogens is 4. The third kappa shape index (κ3) is 6.12. The molecule has 0 N–H and O–H groups in total. The first-order valence-electron chi connectivity index (χ1n) is 21.9. The zero-order valence-electron chi connectivity index (χ0n) is 35.0. The van der Waals surface area contributed by atoms with Gasteiger partial charge in [-0.2, -0.15) is 0 Å². The molecule has 0 aliphatic heterocycles. The molecule has 0 bridgehead atoms. The van der Waals surface area contributed by atoms with Crippen LogP contribution in [0.1, 0.15) is 0 Å². The van der Waals surface area contributed by atoms with Crippen LogP contribution in [0.4, 0.5) is 0 Å². The molecule has 0 aliphatic rings. The van der Waals surface area contributed by atoms with Crippen molar-refractivity contribution in [1.29, 1.82) is 0 Å². The van der Waals surface area contributed by atoms with E-state index in [2.05, 4.69) is 169 Å². The molecular formula is C60H36N4S. The highest BCUT2D eigenvalue weighted by Gasteiger charge is 2.22. The number of fused-ring (bicyclic) bond motifs is 7. The molecule has 0 unspecified atom stereocenters. The minimum absolute atomic E-state index is 0.586. The van der Waals surface area contributed by atoms with Crippen LogP contribution < -0.4 is 0 Å².